The Morgan fingerprint density at radius 3 is 1.78 bits per heavy atom. The Morgan fingerprint density at radius 2 is 1.30 bits per heavy atom. The van der Waals surface area contributed by atoms with Gasteiger partial charge < -0.3 is 14.2 Å². The SMILES string of the molecule is CCOC(=O)C1(C(=O)OCC)[C@H](c2ccccc2)O[C@H](c2ccccc2)N1S(=O)(=O)c1ccc(C)cc1. The van der Waals surface area contributed by atoms with Gasteiger partial charge in [-0.3, -0.25) is 0 Å². The minimum atomic E-state index is -4.52. The summed E-state index contributed by atoms with van der Waals surface area (Å²) in [6.45, 7) is 4.82. The van der Waals surface area contributed by atoms with Crippen molar-refractivity contribution in [1.29, 1.82) is 0 Å². The van der Waals surface area contributed by atoms with Crippen LogP contribution in [0.1, 0.15) is 42.9 Å². The zero-order valence-corrected chi connectivity index (χ0v) is 21.7. The number of aryl methyl sites for hydroxylation is 1. The van der Waals surface area contributed by atoms with E-state index in [0.717, 1.165) is 9.87 Å². The predicted molar refractivity (Wildman–Crippen MR) is 136 cm³/mol. The van der Waals surface area contributed by atoms with E-state index >= 15 is 0 Å². The number of benzene rings is 3. The molecule has 0 bridgehead atoms. The van der Waals surface area contributed by atoms with E-state index in [0.29, 0.717) is 11.1 Å². The lowest BCUT2D eigenvalue weighted by Crippen LogP contribution is -2.62. The van der Waals surface area contributed by atoms with Crippen LogP contribution in [0.25, 0.3) is 0 Å². The number of sulfonamides is 1. The van der Waals surface area contributed by atoms with Gasteiger partial charge in [0.15, 0.2) is 6.23 Å². The number of ether oxygens (including phenoxy) is 3. The van der Waals surface area contributed by atoms with Gasteiger partial charge in [-0.2, -0.15) is 0 Å². The lowest BCUT2D eigenvalue weighted by Gasteiger charge is -2.36. The first-order chi connectivity index (χ1) is 17.8. The largest absolute Gasteiger partial charge is 0.464 e. The minimum absolute atomic E-state index is 0.0874. The Hall–Kier alpha value is -3.53. The van der Waals surface area contributed by atoms with Crippen molar-refractivity contribution >= 4 is 22.0 Å². The summed E-state index contributed by atoms with van der Waals surface area (Å²) in [4.78, 5) is 27.7. The Morgan fingerprint density at radius 1 is 0.811 bits per heavy atom. The molecule has 37 heavy (non-hydrogen) atoms. The summed E-state index contributed by atoms with van der Waals surface area (Å²) < 4.78 is 46.7. The third kappa shape index (κ3) is 4.66. The maximum atomic E-state index is 14.4. The molecule has 2 atom stereocenters. The van der Waals surface area contributed by atoms with Crippen LogP contribution in [-0.2, 0) is 33.8 Å². The van der Waals surface area contributed by atoms with Crippen molar-refractivity contribution in [2.24, 2.45) is 0 Å². The molecular weight excluding hydrogens is 494 g/mol. The van der Waals surface area contributed by atoms with Crippen LogP contribution in [0.4, 0.5) is 0 Å². The molecule has 0 radical (unpaired) electrons. The van der Waals surface area contributed by atoms with E-state index in [1.165, 1.54) is 12.1 Å². The molecule has 1 aliphatic rings. The third-order valence-electron chi connectivity index (χ3n) is 6.14. The minimum Gasteiger partial charge on any atom is -0.464 e. The predicted octanol–water partition coefficient (Wildman–Crippen LogP) is 4.32. The van der Waals surface area contributed by atoms with Crippen LogP contribution >= 0.6 is 0 Å². The van der Waals surface area contributed by atoms with Crippen molar-refractivity contribution in [3.63, 3.8) is 0 Å². The number of hydrogen-bond donors (Lipinski definition) is 0. The van der Waals surface area contributed by atoms with Crippen molar-refractivity contribution in [3.8, 4) is 0 Å². The van der Waals surface area contributed by atoms with Gasteiger partial charge in [-0.25, -0.2) is 18.0 Å². The van der Waals surface area contributed by atoms with Gasteiger partial charge in [-0.05, 0) is 44.0 Å². The molecule has 1 saturated heterocycles. The van der Waals surface area contributed by atoms with Gasteiger partial charge >= 0.3 is 11.9 Å². The first kappa shape index (κ1) is 26.5. The molecule has 1 aliphatic heterocycles. The fourth-order valence-electron chi connectivity index (χ4n) is 4.46. The van der Waals surface area contributed by atoms with Gasteiger partial charge in [0.1, 0.15) is 6.10 Å². The lowest BCUT2D eigenvalue weighted by atomic mass is 9.88. The smallest absolute Gasteiger partial charge is 0.342 e. The van der Waals surface area contributed by atoms with Crippen LogP contribution in [0.15, 0.2) is 89.8 Å². The van der Waals surface area contributed by atoms with Crippen molar-refractivity contribution in [2.75, 3.05) is 13.2 Å². The molecule has 4 rings (SSSR count). The number of rotatable bonds is 8. The summed E-state index contributed by atoms with van der Waals surface area (Å²) in [6, 6.07) is 23.3. The Balaban J connectivity index is 2.07. The van der Waals surface area contributed by atoms with Crippen LogP contribution in [0.3, 0.4) is 0 Å². The summed E-state index contributed by atoms with van der Waals surface area (Å²) in [5.41, 5.74) is -0.779. The normalized spacial score (nSPS) is 19.3. The van der Waals surface area contributed by atoms with Crippen LogP contribution in [0.5, 0.6) is 0 Å². The van der Waals surface area contributed by atoms with Crippen molar-refractivity contribution < 1.29 is 32.2 Å². The van der Waals surface area contributed by atoms with Gasteiger partial charge in [0.2, 0.25) is 10.0 Å². The maximum Gasteiger partial charge on any atom is 0.342 e. The summed E-state index contributed by atoms with van der Waals surface area (Å²) in [5, 5.41) is 0. The number of nitrogens with zero attached hydrogens (tertiary/aromatic N) is 1. The summed E-state index contributed by atoms with van der Waals surface area (Å²) >= 11 is 0. The number of carbonyl (C=O) groups is 2. The highest BCUT2D eigenvalue weighted by molar-refractivity contribution is 7.89. The molecule has 0 aromatic heterocycles. The number of hydrogen-bond acceptors (Lipinski definition) is 7. The second-order valence-electron chi connectivity index (χ2n) is 8.51. The number of esters is 2. The Bertz CT molecular complexity index is 1320. The van der Waals surface area contributed by atoms with Crippen LogP contribution < -0.4 is 0 Å². The van der Waals surface area contributed by atoms with Crippen molar-refractivity contribution in [1.82, 2.24) is 4.31 Å². The van der Waals surface area contributed by atoms with E-state index in [4.69, 9.17) is 14.2 Å². The quantitative estimate of drug-likeness (QED) is 0.320. The second kappa shape index (κ2) is 10.8. The molecule has 3 aromatic carbocycles. The fraction of sp³-hybridized carbons (Fsp3) is 0.286. The van der Waals surface area contributed by atoms with Gasteiger partial charge in [0, 0.05) is 0 Å². The van der Waals surface area contributed by atoms with Crippen LogP contribution in [-0.4, -0.2) is 43.4 Å². The Kier molecular flexibility index (Phi) is 7.77. The molecule has 9 heteroatoms. The average molecular weight is 524 g/mol. The van der Waals surface area contributed by atoms with Crippen molar-refractivity contribution in [2.45, 2.75) is 43.5 Å². The van der Waals surface area contributed by atoms with E-state index < -0.39 is 39.8 Å². The standard InChI is InChI=1S/C28H29NO7S/c1-4-34-26(30)28(27(31)35-5-2)24(21-12-8-6-9-13-21)36-25(22-14-10-7-11-15-22)29(28)37(32,33)23-18-16-20(3)17-19-23/h6-19,24-25H,4-5H2,1-3H3/t24-,25+/m0/s1. The highest BCUT2D eigenvalue weighted by atomic mass is 32.2. The molecule has 1 heterocycles. The molecule has 0 aliphatic carbocycles. The first-order valence-electron chi connectivity index (χ1n) is 12.0. The van der Waals surface area contributed by atoms with Gasteiger partial charge in [0.25, 0.3) is 5.54 Å². The summed E-state index contributed by atoms with van der Waals surface area (Å²) in [5.74, 6) is -2.15. The van der Waals surface area contributed by atoms with Gasteiger partial charge in [-0.15, -0.1) is 4.31 Å². The molecule has 0 N–H and O–H groups in total. The average Bonchev–Trinajstić information content (AvgIpc) is 3.28. The van der Waals surface area contributed by atoms with Gasteiger partial charge in [0.05, 0.1) is 18.1 Å². The molecule has 0 unspecified atom stereocenters. The molecule has 1 fully saturated rings. The molecule has 3 aromatic rings. The maximum absolute atomic E-state index is 14.4. The van der Waals surface area contributed by atoms with E-state index in [-0.39, 0.29) is 18.1 Å². The monoisotopic (exact) mass is 523 g/mol. The zero-order valence-electron chi connectivity index (χ0n) is 20.9. The zero-order chi connectivity index (χ0) is 26.6. The lowest BCUT2D eigenvalue weighted by molar-refractivity contribution is -0.172. The topological polar surface area (TPSA) is 99.2 Å². The number of carbonyl (C=O) groups excluding carboxylic acids is 2. The first-order valence-corrected chi connectivity index (χ1v) is 13.4. The molecule has 8 nitrogen and oxygen atoms in total. The van der Waals surface area contributed by atoms with E-state index in [9.17, 15) is 18.0 Å². The fourth-order valence-corrected chi connectivity index (χ4v) is 6.22. The van der Waals surface area contributed by atoms with Crippen LogP contribution in [0.2, 0.25) is 0 Å². The molecule has 0 spiro atoms. The van der Waals surface area contributed by atoms with E-state index in [1.807, 2.05) is 6.92 Å². The van der Waals surface area contributed by atoms with Crippen LogP contribution in [0, 0.1) is 6.92 Å². The third-order valence-corrected chi connectivity index (χ3v) is 8.01. The summed E-state index contributed by atoms with van der Waals surface area (Å²) in [7, 11) is -4.52. The van der Waals surface area contributed by atoms with E-state index in [2.05, 4.69) is 0 Å². The molecule has 0 amide bonds. The highest BCUT2D eigenvalue weighted by Crippen LogP contribution is 2.53. The highest BCUT2D eigenvalue weighted by Gasteiger charge is 2.71. The summed E-state index contributed by atoms with van der Waals surface area (Å²) in [6.07, 6.45) is -2.68. The molecular formula is C28H29NO7S. The molecule has 194 valence electrons. The Labute approximate surface area is 216 Å². The molecule has 0 saturated carbocycles. The second-order valence-corrected chi connectivity index (χ2v) is 10.3. The van der Waals surface area contributed by atoms with E-state index in [1.54, 1.807) is 86.6 Å². The van der Waals surface area contributed by atoms with Gasteiger partial charge in [-0.1, -0.05) is 78.4 Å². The van der Waals surface area contributed by atoms with Crippen molar-refractivity contribution in [3.05, 3.63) is 102 Å².